The van der Waals surface area contributed by atoms with Crippen LogP contribution in [0.15, 0.2) is 34.9 Å². The molecule has 1 aromatic heterocycles. The minimum Gasteiger partial charge on any atom is -0.480 e. The van der Waals surface area contributed by atoms with E-state index in [1.54, 1.807) is 13.3 Å². The number of ether oxygens (including phenoxy) is 1. The molecule has 0 saturated heterocycles. The summed E-state index contributed by atoms with van der Waals surface area (Å²) in [5, 5.41) is 0. The fraction of sp³-hybridized carbons (Fsp3) is 0.214. The van der Waals surface area contributed by atoms with Gasteiger partial charge in [-0.25, -0.2) is 4.98 Å². The summed E-state index contributed by atoms with van der Waals surface area (Å²) in [6.07, 6.45) is 1.67. The number of aromatic nitrogens is 2. The van der Waals surface area contributed by atoms with Gasteiger partial charge in [-0.2, -0.15) is 4.98 Å². The smallest absolute Gasteiger partial charge is 0.232 e. The van der Waals surface area contributed by atoms with Gasteiger partial charge in [0.2, 0.25) is 11.8 Å². The van der Waals surface area contributed by atoms with Gasteiger partial charge in [0.1, 0.15) is 4.99 Å². The maximum Gasteiger partial charge on any atom is 0.232 e. The average Bonchev–Trinajstić information content (AvgIpc) is 2.47. The summed E-state index contributed by atoms with van der Waals surface area (Å²) < 4.78 is 5.90. The molecule has 0 aliphatic carbocycles. The van der Waals surface area contributed by atoms with Crippen LogP contribution in [0.4, 0.5) is 5.95 Å². The molecule has 0 aliphatic heterocycles. The van der Waals surface area contributed by atoms with Crippen LogP contribution in [-0.4, -0.2) is 29.1 Å². The number of nitrogens with two attached hydrogens (primary N) is 1. The summed E-state index contributed by atoms with van der Waals surface area (Å²) in [5.74, 6) is 1.08. The molecule has 0 bridgehead atoms. The number of hydrogen-bond acceptors (Lipinski definition) is 5. The number of nitrogens with zero attached hydrogens (tertiary/aromatic N) is 3. The molecule has 0 saturated carbocycles. The molecule has 0 aliphatic rings. The second-order valence-corrected chi connectivity index (χ2v) is 5.74. The molecule has 0 amide bonds. The van der Waals surface area contributed by atoms with Crippen molar-refractivity contribution in [3.8, 4) is 5.88 Å². The van der Waals surface area contributed by atoms with Crippen LogP contribution in [0.2, 0.25) is 0 Å². The first-order valence-corrected chi connectivity index (χ1v) is 7.38. The molecule has 2 aromatic rings. The maximum absolute atomic E-state index is 5.65. The topological polar surface area (TPSA) is 64.3 Å². The summed E-state index contributed by atoms with van der Waals surface area (Å²) in [6.45, 7) is 0.640. The lowest BCUT2D eigenvalue weighted by Gasteiger charge is -2.18. The zero-order chi connectivity index (χ0) is 15.4. The van der Waals surface area contributed by atoms with Crippen LogP contribution < -0.4 is 15.4 Å². The van der Waals surface area contributed by atoms with E-state index in [-0.39, 0.29) is 0 Å². The van der Waals surface area contributed by atoms with Crippen molar-refractivity contribution in [2.24, 2.45) is 5.73 Å². The molecule has 2 N–H and O–H groups in total. The van der Waals surface area contributed by atoms with Crippen molar-refractivity contribution in [2.45, 2.75) is 6.54 Å². The first-order chi connectivity index (χ1) is 10.0. The summed E-state index contributed by atoms with van der Waals surface area (Å²) in [4.78, 5) is 10.9. The number of methoxy groups -OCH3 is 1. The minimum atomic E-state index is 0.390. The third-order valence-corrected chi connectivity index (χ3v) is 3.64. The highest BCUT2D eigenvalue weighted by atomic mass is 79.9. The Morgan fingerprint density at radius 2 is 2.24 bits per heavy atom. The Bertz CT molecular complexity index is 665. The largest absolute Gasteiger partial charge is 0.480 e. The molecule has 0 radical (unpaired) electrons. The fourth-order valence-corrected chi connectivity index (χ4v) is 2.32. The van der Waals surface area contributed by atoms with E-state index in [2.05, 4.69) is 25.9 Å². The van der Waals surface area contributed by atoms with E-state index in [0.29, 0.717) is 23.4 Å². The summed E-state index contributed by atoms with van der Waals surface area (Å²) in [6, 6.07) is 7.80. The number of hydrogen-bond donors (Lipinski definition) is 1. The van der Waals surface area contributed by atoms with E-state index in [4.69, 9.17) is 22.7 Å². The van der Waals surface area contributed by atoms with Crippen molar-refractivity contribution in [3.05, 3.63) is 46.1 Å². The van der Waals surface area contributed by atoms with Gasteiger partial charge in [0.25, 0.3) is 0 Å². The summed E-state index contributed by atoms with van der Waals surface area (Å²) >= 11 is 8.33. The molecule has 1 heterocycles. The number of benzene rings is 1. The van der Waals surface area contributed by atoms with Gasteiger partial charge in [-0.1, -0.05) is 30.4 Å². The molecular weight excluding hydrogens is 352 g/mol. The Kier molecular flexibility index (Phi) is 5.08. The molecule has 0 fully saturated rings. The fourth-order valence-electron chi connectivity index (χ4n) is 1.84. The molecule has 7 heteroatoms. The number of anilines is 1. The minimum absolute atomic E-state index is 0.390. The van der Waals surface area contributed by atoms with E-state index in [0.717, 1.165) is 15.6 Å². The zero-order valence-electron chi connectivity index (χ0n) is 11.7. The van der Waals surface area contributed by atoms with Crippen LogP contribution in [0, 0.1) is 0 Å². The van der Waals surface area contributed by atoms with E-state index >= 15 is 0 Å². The zero-order valence-corrected chi connectivity index (χ0v) is 14.1. The van der Waals surface area contributed by atoms with E-state index in [1.165, 1.54) is 0 Å². The van der Waals surface area contributed by atoms with Gasteiger partial charge in [-0.05, 0) is 27.6 Å². The standard InChI is InChI=1S/C14H15BrN4OS/c1-19(14-17-7-11(15)13(18-14)20-2)8-9-4-3-5-10(6-9)12(16)21/h3-7H,8H2,1-2H3,(H2,16,21). The highest BCUT2D eigenvalue weighted by Crippen LogP contribution is 2.23. The Morgan fingerprint density at radius 1 is 1.48 bits per heavy atom. The van der Waals surface area contributed by atoms with Crippen LogP contribution in [0.5, 0.6) is 5.88 Å². The van der Waals surface area contributed by atoms with Crippen LogP contribution in [0.25, 0.3) is 0 Å². The lowest BCUT2D eigenvalue weighted by molar-refractivity contribution is 0.394. The molecule has 0 spiro atoms. The van der Waals surface area contributed by atoms with Gasteiger partial charge in [-0.15, -0.1) is 0 Å². The Morgan fingerprint density at radius 3 is 2.90 bits per heavy atom. The van der Waals surface area contributed by atoms with Crippen molar-refractivity contribution in [1.29, 1.82) is 0 Å². The molecule has 5 nitrogen and oxygen atoms in total. The van der Waals surface area contributed by atoms with Gasteiger partial charge in [0, 0.05) is 19.2 Å². The predicted octanol–water partition coefficient (Wildman–Crippen LogP) is 2.52. The Labute approximate surface area is 137 Å². The molecule has 21 heavy (non-hydrogen) atoms. The quantitative estimate of drug-likeness (QED) is 0.820. The molecular formula is C14H15BrN4OS. The van der Waals surface area contributed by atoms with Crippen LogP contribution in [-0.2, 0) is 6.54 Å². The van der Waals surface area contributed by atoms with Crippen molar-refractivity contribution in [2.75, 3.05) is 19.1 Å². The van der Waals surface area contributed by atoms with E-state index < -0.39 is 0 Å². The number of thiocarbonyl (C=S) groups is 1. The van der Waals surface area contributed by atoms with Gasteiger partial charge in [0.05, 0.1) is 17.8 Å². The highest BCUT2D eigenvalue weighted by Gasteiger charge is 2.10. The lowest BCUT2D eigenvalue weighted by Crippen LogP contribution is -2.20. The normalized spacial score (nSPS) is 10.2. The van der Waals surface area contributed by atoms with Gasteiger partial charge >= 0.3 is 0 Å². The first kappa shape index (κ1) is 15.7. The Balaban J connectivity index is 2.19. The molecule has 110 valence electrons. The van der Waals surface area contributed by atoms with Crippen molar-refractivity contribution >= 4 is 39.1 Å². The van der Waals surface area contributed by atoms with E-state index in [9.17, 15) is 0 Å². The van der Waals surface area contributed by atoms with Gasteiger partial charge in [0.15, 0.2) is 0 Å². The van der Waals surface area contributed by atoms with Crippen LogP contribution >= 0.6 is 28.1 Å². The number of rotatable bonds is 5. The van der Waals surface area contributed by atoms with Crippen molar-refractivity contribution < 1.29 is 4.74 Å². The number of halogens is 1. The Hall–Kier alpha value is -1.73. The third-order valence-electron chi connectivity index (χ3n) is 2.87. The second kappa shape index (κ2) is 6.82. The second-order valence-electron chi connectivity index (χ2n) is 4.45. The summed E-state index contributed by atoms with van der Waals surface area (Å²) in [5.41, 5.74) is 7.58. The molecule has 0 unspecified atom stereocenters. The van der Waals surface area contributed by atoms with Crippen molar-refractivity contribution in [1.82, 2.24) is 9.97 Å². The van der Waals surface area contributed by atoms with Crippen LogP contribution in [0.1, 0.15) is 11.1 Å². The van der Waals surface area contributed by atoms with Gasteiger partial charge in [-0.3, -0.25) is 0 Å². The molecule has 1 aromatic carbocycles. The molecule has 0 atom stereocenters. The maximum atomic E-state index is 5.65. The SMILES string of the molecule is COc1nc(N(C)Cc2cccc(C(N)=S)c2)ncc1Br. The molecule has 2 rings (SSSR count). The highest BCUT2D eigenvalue weighted by molar-refractivity contribution is 9.10. The first-order valence-electron chi connectivity index (χ1n) is 6.17. The third kappa shape index (κ3) is 3.89. The lowest BCUT2D eigenvalue weighted by atomic mass is 10.1. The average molecular weight is 367 g/mol. The summed E-state index contributed by atoms with van der Waals surface area (Å²) in [7, 11) is 3.48. The monoisotopic (exact) mass is 366 g/mol. The van der Waals surface area contributed by atoms with E-state index in [1.807, 2.05) is 36.2 Å². The van der Waals surface area contributed by atoms with Crippen LogP contribution in [0.3, 0.4) is 0 Å². The van der Waals surface area contributed by atoms with Gasteiger partial charge < -0.3 is 15.4 Å². The van der Waals surface area contributed by atoms with Crippen molar-refractivity contribution in [3.63, 3.8) is 0 Å². The predicted molar refractivity (Wildman–Crippen MR) is 90.7 cm³/mol.